The van der Waals surface area contributed by atoms with Crippen LogP contribution in [0.4, 0.5) is 11.5 Å². The lowest BCUT2D eigenvalue weighted by molar-refractivity contribution is 0.0746. The van der Waals surface area contributed by atoms with E-state index < -0.39 is 0 Å². The fourth-order valence-electron chi connectivity index (χ4n) is 4.70. The molecule has 0 aliphatic carbocycles. The molecule has 3 heterocycles. The molecule has 0 unspecified atom stereocenters. The first-order chi connectivity index (χ1) is 16.2. The Balaban J connectivity index is 1.23. The summed E-state index contributed by atoms with van der Waals surface area (Å²) in [6.45, 7) is 7.87. The predicted octanol–water partition coefficient (Wildman–Crippen LogP) is 3.50. The summed E-state index contributed by atoms with van der Waals surface area (Å²) in [5.74, 6) is 0.971. The van der Waals surface area contributed by atoms with E-state index in [1.54, 1.807) is 6.20 Å². The van der Waals surface area contributed by atoms with Crippen molar-refractivity contribution in [1.82, 2.24) is 15.2 Å². The molecule has 0 spiro atoms. The standard InChI is InChI=1S/C27H31N5O/c1-21-7-9-24(10-8-21)30-15-17-31(18-16-30)27(33)23-11-12-29-26(19-23)32-14-13-28-25(20-32)22-5-3-2-4-6-22/h2-12,19,25,28H,13-18,20H2,1H3/t25-/m1/s1. The molecule has 2 saturated heterocycles. The van der Waals surface area contributed by atoms with Gasteiger partial charge in [-0.05, 0) is 36.8 Å². The van der Waals surface area contributed by atoms with Gasteiger partial charge in [-0.2, -0.15) is 0 Å². The Bertz CT molecular complexity index is 1080. The number of piperazine rings is 2. The highest BCUT2D eigenvalue weighted by molar-refractivity contribution is 5.95. The molecule has 0 bridgehead atoms. The topological polar surface area (TPSA) is 51.7 Å². The Labute approximate surface area is 195 Å². The van der Waals surface area contributed by atoms with Crippen LogP contribution < -0.4 is 15.1 Å². The van der Waals surface area contributed by atoms with Gasteiger partial charge in [-0.25, -0.2) is 4.98 Å². The smallest absolute Gasteiger partial charge is 0.254 e. The number of aromatic nitrogens is 1. The van der Waals surface area contributed by atoms with Crippen LogP contribution in [0.15, 0.2) is 72.9 Å². The zero-order chi connectivity index (χ0) is 22.6. The third kappa shape index (κ3) is 4.86. The molecule has 1 atom stereocenters. The number of amides is 1. The number of hydrogen-bond donors (Lipinski definition) is 1. The Morgan fingerprint density at radius 3 is 2.42 bits per heavy atom. The van der Waals surface area contributed by atoms with Crippen LogP contribution in [0.1, 0.15) is 27.5 Å². The van der Waals surface area contributed by atoms with E-state index >= 15 is 0 Å². The zero-order valence-electron chi connectivity index (χ0n) is 19.2. The molecule has 2 aliphatic rings. The number of nitrogens with zero attached hydrogens (tertiary/aromatic N) is 4. The Morgan fingerprint density at radius 2 is 1.67 bits per heavy atom. The summed E-state index contributed by atoms with van der Waals surface area (Å²) in [6, 6.07) is 23.2. The first-order valence-electron chi connectivity index (χ1n) is 11.8. The van der Waals surface area contributed by atoms with Crippen LogP contribution in [0, 0.1) is 6.92 Å². The minimum Gasteiger partial charge on any atom is -0.368 e. The second-order valence-electron chi connectivity index (χ2n) is 8.88. The van der Waals surface area contributed by atoms with Crippen molar-refractivity contribution in [1.29, 1.82) is 0 Å². The highest BCUT2D eigenvalue weighted by Crippen LogP contribution is 2.23. The lowest BCUT2D eigenvalue weighted by Gasteiger charge is -2.36. The summed E-state index contributed by atoms with van der Waals surface area (Å²) in [5, 5.41) is 3.60. The molecule has 33 heavy (non-hydrogen) atoms. The monoisotopic (exact) mass is 441 g/mol. The molecule has 2 aromatic carbocycles. The summed E-state index contributed by atoms with van der Waals surface area (Å²) in [4.78, 5) is 24.5. The van der Waals surface area contributed by atoms with Crippen LogP contribution in [-0.2, 0) is 0 Å². The molecule has 1 aromatic heterocycles. The quantitative estimate of drug-likeness (QED) is 0.672. The average Bonchev–Trinajstić information content (AvgIpc) is 2.89. The van der Waals surface area contributed by atoms with Crippen molar-refractivity contribution in [3.63, 3.8) is 0 Å². The van der Waals surface area contributed by atoms with Gasteiger partial charge < -0.3 is 20.0 Å². The lowest BCUT2D eigenvalue weighted by atomic mass is 10.0. The number of rotatable bonds is 4. The molecule has 2 fully saturated rings. The minimum atomic E-state index is 0.0944. The van der Waals surface area contributed by atoms with Crippen molar-refractivity contribution >= 4 is 17.4 Å². The van der Waals surface area contributed by atoms with E-state index in [9.17, 15) is 4.79 Å². The summed E-state index contributed by atoms with van der Waals surface area (Å²) in [6.07, 6.45) is 1.77. The molecular weight excluding hydrogens is 410 g/mol. The second kappa shape index (κ2) is 9.63. The van der Waals surface area contributed by atoms with Crippen LogP contribution in [-0.4, -0.2) is 61.6 Å². The van der Waals surface area contributed by atoms with Gasteiger partial charge in [0.2, 0.25) is 0 Å². The first kappa shape index (κ1) is 21.5. The van der Waals surface area contributed by atoms with Crippen LogP contribution in [0.3, 0.4) is 0 Å². The molecule has 6 heteroatoms. The van der Waals surface area contributed by atoms with Gasteiger partial charge in [0.05, 0.1) is 0 Å². The molecule has 6 nitrogen and oxygen atoms in total. The van der Waals surface area contributed by atoms with E-state index in [1.807, 2.05) is 23.1 Å². The lowest BCUT2D eigenvalue weighted by Crippen LogP contribution is -2.49. The van der Waals surface area contributed by atoms with Crippen molar-refractivity contribution in [2.75, 3.05) is 55.6 Å². The zero-order valence-corrected chi connectivity index (χ0v) is 19.2. The third-order valence-electron chi connectivity index (χ3n) is 6.66. The number of hydrogen-bond acceptors (Lipinski definition) is 5. The average molecular weight is 442 g/mol. The van der Waals surface area contributed by atoms with Crippen molar-refractivity contribution in [2.24, 2.45) is 0 Å². The van der Waals surface area contributed by atoms with Gasteiger partial charge in [-0.15, -0.1) is 0 Å². The minimum absolute atomic E-state index is 0.0944. The van der Waals surface area contributed by atoms with E-state index in [0.717, 1.165) is 57.2 Å². The number of carbonyl (C=O) groups is 1. The van der Waals surface area contributed by atoms with Gasteiger partial charge in [-0.1, -0.05) is 48.0 Å². The van der Waals surface area contributed by atoms with Crippen LogP contribution >= 0.6 is 0 Å². The second-order valence-corrected chi connectivity index (χ2v) is 8.88. The molecule has 170 valence electrons. The van der Waals surface area contributed by atoms with Gasteiger partial charge in [-0.3, -0.25) is 4.79 Å². The summed E-state index contributed by atoms with van der Waals surface area (Å²) < 4.78 is 0. The van der Waals surface area contributed by atoms with Crippen LogP contribution in [0.2, 0.25) is 0 Å². The number of pyridine rings is 1. The van der Waals surface area contributed by atoms with Crippen molar-refractivity contribution in [3.8, 4) is 0 Å². The van der Waals surface area contributed by atoms with Crippen molar-refractivity contribution in [2.45, 2.75) is 13.0 Å². The van der Waals surface area contributed by atoms with E-state index in [4.69, 9.17) is 0 Å². The van der Waals surface area contributed by atoms with Gasteiger partial charge in [0.1, 0.15) is 5.82 Å². The van der Waals surface area contributed by atoms with Crippen molar-refractivity contribution < 1.29 is 4.79 Å². The van der Waals surface area contributed by atoms with Gasteiger partial charge in [0, 0.05) is 69.3 Å². The highest BCUT2D eigenvalue weighted by atomic mass is 16.2. The molecule has 1 N–H and O–H groups in total. The van der Waals surface area contributed by atoms with Gasteiger partial charge in [0.25, 0.3) is 5.91 Å². The summed E-state index contributed by atoms with van der Waals surface area (Å²) in [7, 11) is 0. The fraction of sp³-hybridized carbons (Fsp3) is 0.333. The largest absolute Gasteiger partial charge is 0.368 e. The maximum Gasteiger partial charge on any atom is 0.254 e. The van der Waals surface area contributed by atoms with Crippen molar-refractivity contribution in [3.05, 3.63) is 89.6 Å². The molecule has 1 amide bonds. The third-order valence-corrected chi connectivity index (χ3v) is 6.66. The summed E-state index contributed by atoms with van der Waals surface area (Å²) in [5.41, 5.74) is 4.49. The van der Waals surface area contributed by atoms with Crippen LogP contribution in [0.25, 0.3) is 0 Å². The molecular formula is C27H31N5O. The Kier molecular flexibility index (Phi) is 6.26. The maximum absolute atomic E-state index is 13.3. The number of carbonyl (C=O) groups excluding carboxylic acids is 1. The fourth-order valence-corrected chi connectivity index (χ4v) is 4.70. The van der Waals surface area contributed by atoms with E-state index in [0.29, 0.717) is 0 Å². The van der Waals surface area contributed by atoms with E-state index in [1.165, 1.54) is 16.8 Å². The molecule has 0 radical (unpaired) electrons. The number of nitrogens with one attached hydrogen (secondary N) is 1. The normalized spacial score (nSPS) is 18.9. The van der Waals surface area contributed by atoms with E-state index in [2.05, 4.69) is 75.6 Å². The first-order valence-corrected chi connectivity index (χ1v) is 11.8. The highest BCUT2D eigenvalue weighted by Gasteiger charge is 2.25. The SMILES string of the molecule is Cc1ccc(N2CCN(C(=O)c3ccnc(N4CCN[C@@H](c5ccccc5)C4)c3)CC2)cc1. The summed E-state index contributed by atoms with van der Waals surface area (Å²) >= 11 is 0. The van der Waals surface area contributed by atoms with E-state index in [-0.39, 0.29) is 11.9 Å². The number of anilines is 2. The van der Waals surface area contributed by atoms with Crippen LogP contribution in [0.5, 0.6) is 0 Å². The molecule has 5 rings (SSSR count). The Morgan fingerprint density at radius 1 is 0.909 bits per heavy atom. The molecule has 0 saturated carbocycles. The Hall–Kier alpha value is -3.38. The predicted molar refractivity (Wildman–Crippen MR) is 133 cm³/mol. The number of benzene rings is 2. The maximum atomic E-state index is 13.3. The molecule has 2 aliphatic heterocycles. The molecule has 3 aromatic rings. The van der Waals surface area contributed by atoms with Gasteiger partial charge >= 0.3 is 0 Å². The number of aryl methyl sites for hydroxylation is 1. The van der Waals surface area contributed by atoms with Gasteiger partial charge in [0.15, 0.2) is 0 Å².